The van der Waals surface area contributed by atoms with Gasteiger partial charge in [-0.3, -0.25) is 4.90 Å². The molecule has 0 bridgehead atoms. The van der Waals surface area contributed by atoms with Gasteiger partial charge in [-0.15, -0.1) is 0 Å². The minimum absolute atomic E-state index is 0.686. The van der Waals surface area contributed by atoms with Gasteiger partial charge < -0.3 is 4.90 Å². The highest BCUT2D eigenvalue weighted by Gasteiger charge is 2.27. The van der Waals surface area contributed by atoms with Gasteiger partial charge in [-0.2, -0.15) is 0 Å². The molecule has 104 valence electrons. The molecule has 4 heteroatoms. The third kappa shape index (κ3) is 3.01. The molecule has 2 heterocycles. The highest BCUT2D eigenvalue weighted by molar-refractivity contribution is 6.35. The zero-order valence-electron chi connectivity index (χ0n) is 11.1. The summed E-state index contributed by atoms with van der Waals surface area (Å²) in [5, 5.41) is 1.58. The smallest absolute Gasteiger partial charge is 0.0640 e. The van der Waals surface area contributed by atoms with Crippen LogP contribution in [-0.2, 0) is 0 Å². The van der Waals surface area contributed by atoms with E-state index in [1.54, 1.807) is 0 Å². The fourth-order valence-electron chi connectivity index (χ4n) is 3.32. The first-order valence-electron chi connectivity index (χ1n) is 7.18. The van der Waals surface area contributed by atoms with E-state index in [0.717, 1.165) is 28.8 Å². The van der Waals surface area contributed by atoms with Gasteiger partial charge in [0.1, 0.15) is 0 Å². The molecule has 0 spiro atoms. The molecule has 1 unspecified atom stereocenters. The summed E-state index contributed by atoms with van der Waals surface area (Å²) in [4.78, 5) is 5.08. The zero-order chi connectivity index (χ0) is 13.2. The van der Waals surface area contributed by atoms with Crippen molar-refractivity contribution in [1.29, 1.82) is 0 Å². The molecule has 0 aromatic heterocycles. The first kappa shape index (κ1) is 13.5. The molecule has 1 aromatic carbocycles. The van der Waals surface area contributed by atoms with Crippen LogP contribution >= 0.6 is 23.2 Å². The molecule has 2 saturated heterocycles. The molecule has 0 saturated carbocycles. The molecule has 19 heavy (non-hydrogen) atoms. The highest BCUT2D eigenvalue weighted by Crippen LogP contribution is 2.31. The second-order valence-corrected chi connectivity index (χ2v) is 6.42. The van der Waals surface area contributed by atoms with Crippen molar-refractivity contribution in [2.24, 2.45) is 0 Å². The van der Waals surface area contributed by atoms with Gasteiger partial charge in [0.2, 0.25) is 0 Å². The molecular weight excluding hydrogens is 279 g/mol. The van der Waals surface area contributed by atoms with Gasteiger partial charge >= 0.3 is 0 Å². The van der Waals surface area contributed by atoms with E-state index in [9.17, 15) is 0 Å². The topological polar surface area (TPSA) is 6.48 Å². The van der Waals surface area contributed by atoms with E-state index < -0.39 is 0 Å². The highest BCUT2D eigenvalue weighted by atomic mass is 35.5. The molecule has 0 radical (unpaired) electrons. The molecule has 2 aliphatic heterocycles. The Kier molecular flexibility index (Phi) is 4.21. The Labute approximate surface area is 125 Å². The predicted octanol–water partition coefficient (Wildman–Crippen LogP) is 4.06. The standard InChI is InChI=1S/C15H20Cl2N2/c16-12-5-6-14(17)15(10-12)19-9-3-8-18-7-2-1-4-13(18)11-19/h5-6,10,13H,1-4,7-9,11H2. The van der Waals surface area contributed by atoms with Crippen molar-refractivity contribution < 1.29 is 0 Å². The fraction of sp³-hybridized carbons (Fsp3) is 0.600. The van der Waals surface area contributed by atoms with Crippen molar-refractivity contribution in [3.05, 3.63) is 28.2 Å². The van der Waals surface area contributed by atoms with Crippen LogP contribution in [0.5, 0.6) is 0 Å². The summed E-state index contributed by atoms with van der Waals surface area (Å²) in [5.41, 5.74) is 1.10. The maximum atomic E-state index is 6.34. The monoisotopic (exact) mass is 298 g/mol. The predicted molar refractivity (Wildman–Crippen MR) is 82.5 cm³/mol. The average molecular weight is 299 g/mol. The van der Waals surface area contributed by atoms with Crippen molar-refractivity contribution in [2.75, 3.05) is 31.1 Å². The van der Waals surface area contributed by atoms with Crippen LogP contribution in [0.25, 0.3) is 0 Å². The maximum absolute atomic E-state index is 6.34. The van der Waals surface area contributed by atoms with Gasteiger partial charge in [0.05, 0.1) is 10.7 Å². The summed E-state index contributed by atoms with van der Waals surface area (Å²) in [7, 11) is 0. The molecule has 1 aromatic rings. The van der Waals surface area contributed by atoms with Gasteiger partial charge in [0.15, 0.2) is 0 Å². The normalized spacial score (nSPS) is 24.9. The number of nitrogens with zero attached hydrogens (tertiary/aromatic N) is 2. The lowest BCUT2D eigenvalue weighted by Crippen LogP contribution is -2.44. The summed E-state index contributed by atoms with van der Waals surface area (Å²) in [6, 6.07) is 6.45. The van der Waals surface area contributed by atoms with Crippen molar-refractivity contribution in [2.45, 2.75) is 31.7 Å². The number of benzene rings is 1. The Morgan fingerprint density at radius 1 is 1.00 bits per heavy atom. The first-order valence-corrected chi connectivity index (χ1v) is 7.94. The third-order valence-corrected chi connectivity index (χ3v) is 4.86. The van der Waals surface area contributed by atoms with Crippen molar-refractivity contribution in [3.8, 4) is 0 Å². The van der Waals surface area contributed by atoms with Crippen LogP contribution < -0.4 is 4.90 Å². The molecule has 2 nitrogen and oxygen atoms in total. The van der Waals surface area contributed by atoms with Crippen LogP contribution in [0.4, 0.5) is 5.69 Å². The van der Waals surface area contributed by atoms with Crippen LogP contribution in [0.3, 0.4) is 0 Å². The number of rotatable bonds is 1. The van der Waals surface area contributed by atoms with Gasteiger partial charge in [0.25, 0.3) is 0 Å². The largest absolute Gasteiger partial charge is 0.369 e. The number of hydrogen-bond donors (Lipinski definition) is 0. The number of hydrogen-bond acceptors (Lipinski definition) is 2. The summed E-state index contributed by atoms with van der Waals surface area (Å²) in [6.45, 7) is 4.65. The minimum Gasteiger partial charge on any atom is -0.369 e. The van der Waals surface area contributed by atoms with E-state index in [0.29, 0.717) is 6.04 Å². The number of fused-ring (bicyclic) bond motifs is 1. The lowest BCUT2D eigenvalue weighted by atomic mass is 10.0. The number of halogens is 2. The SMILES string of the molecule is Clc1ccc(Cl)c(N2CCCN3CCCCC3C2)c1. The Bertz CT molecular complexity index is 450. The van der Waals surface area contributed by atoms with E-state index in [1.165, 1.54) is 38.8 Å². The van der Waals surface area contributed by atoms with Gasteiger partial charge in [-0.25, -0.2) is 0 Å². The second-order valence-electron chi connectivity index (χ2n) is 5.58. The van der Waals surface area contributed by atoms with E-state index in [4.69, 9.17) is 23.2 Å². The van der Waals surface area contributed by atoms with Crippen molar-refractivity contribution >= 4 is 28.9 Å². The van der Waals surface area contributed by atoms with Gasteiger partial charge in [-0.1, -0.05) is 29.6 Å². The Morgan fingerprint density at radius 3 is 2.74 bits per heavy atom. The molecular formula is C15H20Cl2N2. The molecule has 2 aliphatic rings. The minimum atomic E-state index is 0.686. The van der Waals surface area contributed by atoms with Crippen molar-refractivity contribution in [1.82, 2.24) is 4.90 Å². The first-order chi connectivity index (χ1) is 9.24. The Balaban J connectivity index is 1.82. The van der Waals surface area contributed by atoms with E-state index >= 15 is 0 Å². The number of anilines is 1. The van der Waals surface area contributed by atoms with E-state index in [1.807, 2.05) is 18.2 Å². The molecule has 0 aliphatic carbocycles. The lowest BCUT2D eigenvalue weighted by molar-refractivity contribution is 0.162. The van der Waals surface area contributed by atoms with Gasteiger partial charge in [0, 0.05) is 30.7 Å². The molecule has 1 atom stereocenters. The van der Waals surface area contributed by atoms with Gasteiger partial charge in [-0.05, 0) is 44.0 Å². The van der Waals surface area contributed by atoms with E-state index in [-0.39, 0.29) is 0 Å². The average Bonchev–Trinajstić information content (AvgIpc) is 2.63. The molecule has 0 N–H and O–H groups in total. The zero-order valence-corrected chi connectivity index (χ0v) is 12.6. The van der Waals surface area contributed by atoms with Crippen LogP contribution in [-0.4, -0.2) is 37.1 Å². The van der Waals surface area contributed by atoms with E-state index in [2.05, 4.69) is 9.80 Å². The second kappa shape index (κ2) is 5.90. The Hall–Kier alpha value is -0.440. The van der Waals surface area contributed by atoms with Crippen LogP contribution in [0, 0.1) is 0 Å². The summed E-state index contributed by atoms with van der Waals surface area (Å²) in [5.74, 6) is 0. The summed E-state index contributed by atoms with van der Waals surface area (Å²) in [6.07, 6.45) is 5.24. The van der Waals surface area contributed by atoms with Crippen LogP contribution in [0.15, 0.2) is 18.2 Å². The number of piperidine rings is 1. The fourth-order valence-corrected chi connectivity index (χ4v) is 3.72. The Morgan fingerprint density at radius 2 is 1.84 bits per heavy atom. The summed E-state index contributed by atoms with van der Waals surface area (Å²) < 4.78 is 0. The van der Waals surface area contributed by atoms with Crippen molar-refractivity contribution in [3.63, 3.8) is 0 Å². The third-order valence-electron chi connectivity index (χ3n) is 4.30. The maximum Gasteiger partial charge on any atom is 0.0640 e. The van der Waals surface area contributed by atoms with Crippen LogP contribution in [0.2, 0.25) is 10.0 Å². The molecule has 2 fully saturated rings. The summed E-state index contributed by atoms with van der Waals surface area (Å²) >= 11 is 12.5. The molecule has 0 amide bonds. The van der Waals surface area contributed by atoms with Crippen LogP contribution in [0.1, 0.15) is 25.7 Å². The lowest BCUT2D eigenvalue weighted by Gasteiger charge is -2.36. The quantitative estimate of drug-likeness (QED) is 0.771. The molecule has 3 rings (SSSR count).